The van der Waals surface area contributed by atoms with E-state index in [1.807, 2.05) is 24.3 Å². The van der Waals surface area contributed by atoms with Gasteiger partial charge in [-0.05, 0) is 31.5 Å². The summed E-state index contributed by atoms with van der Waals surface area (Å²) in [6.07, 6.45) is 2.00. The van der Waals surface area contributed by atoms with Crippen LogP contribution in [0.3, 0.4) is 0 Å². The van der Waals surface area contributed by atoms with Crippen molar-refractivity contribution in [2.24, 2.45) is 5.92 Å². The van der Waals surface area contributed by atoms with Crippen molar-refractivity contribution < 1.29 is 9.59 Å². The van der Waals surface area contributed by atoms with Crippen molar-refractivity contribution in [3.8, 4) is 0 Å². The second-order valence-corrected chi connectivity index (χ2v) is 9.85. The molecule has 1 aromatic carbocycles. The van der Waals surface area contributed by atoms with E-state index in [-0.39, 0.29) is 11.8 Å². The summed E-state index contributed by atoms with van der Waals surface area (Å²) in [6.45, 7) is 7.87. The molecule has 2 amide bonds. The Labute approximate surface area is 197 Å². The van der Waals surface area contributed by atoms with Crippen molar-refractivity contribution in [3.05, 3.63) is 41.2 Å². The van der Waals surface area contributed by atoms with Gasteiger partial charge in [0, 0.05) is 32.6 Å². The first-order valence-electron chi connectivity index (χ1n) is 11.3. The summed E-state index contributed by atoms with van der Waals surface area (Å²) in [5.41, 5.74) is 1.62. The number of hydrogen-bond acceptors (Lipinski definition) is 7. The minimum Gasteiger partial charge on any atom is -0.346 e. The third-order valence-electron chi connectivity index (χ3n) is 5.70. The van der Waals surface area contributed by atoms with Crippen LogP contribution in [0.1, 0.15) is 48.4 Å². The standard InChI is InChI=1S/C23H31N7O2S/c1-15(2)8-9-19(31)27-21(20-25-16-6-4-5-7-17(16)26-20)28-22(32)18-14-24-23(33-18)30-12-10-29(3)11-13-30/h4-7,14-15,21H,8-13H2,1-3H3,(H,25,26)(H,27,31)(H,28,32). The molecule has 1 fully saturated rings. The van der Waals surface area contributed by atoms with Gasteiger partial charge in [0.05, 0.1) is 17.2 Å². The summed E-state index contributed by atoms with van der Waals surface area (Å²) in [6, 6.07) is 7.62. The Morgan fingerprint density at radius 3 is 2.64 bits per heavy atom. The molecule has 33 heavy (non-hydrogen) atoms. The number of benzene rings is 1. The number of hydrogen-bond donors (Lipinski definition) is 3. The lowest BCUT2D eigenvalue weighted by molar-refractivity contribution is -0.122. The summed E-state index contributed by atoms with van der Waals surface area (Å²) in [5, 5.41) is 6.70. The summed E-state index contributed by atoms with van der Waals surface area (Å²) in [5.74, 6) is 0.491. The van der Waals surface area contributed by atoms with Crippen LogP contribution < -0.4 is 15.5 Å². The lowest BCUT2D eigenvalue weighted by atomic mass is 10.1. The average molecular weight is 470 g/mol. The van der Waals surface area contributed by atoms with E-state index in [4.69, 9.17) is 0 Å². The smallest absolute Gasteiger partial charge is 0.265 e. The second-order valence-electron chi connectivity index (χ2n) is 8.84. The highest BCUT2D eigenvalue weighted by Gasteiger charge is 2.24. The van der Waals surface area contributed by atoms with Crippen LogP contribution in [0.15, 0.2) is 30.5 Å². The molecule has 9 nitrogen and oxygen atoms in total. The number of imidazole rings is 1. The third kappa shape index (κ3) is 5.88. The van der Waals surface area contributed by atoms with E-state index < -0.39 is 6.17 Å². The van der Waals surface area contributed by atoms with Gasteiger partial charge in [-0.2, -0.15) is 0 Å². The molecule has 3 N–H and O–H groups in total. The number of nitrogens with one attached hydrogen (secondary N) is 3. The van der Waals surface area contributed by atoms with Gasteiger partial charge in [0.25, 0.3) is 5.91 Å². The predicted octanol–water partition coefficient (Wildman–Crippen LogP) is 2.75. The van der Waals surface area contributed by atoms with Crippen LogP contribution in [0.25, 0.3) is 11.0 Å². The minimum atomic E-state index is -0.765. The quantitative estimate of drug-likeness (QED) is 0.438. The molecule has 1 saturated heterocycles. The molecule has 1 aliphatic heterocycles. The summed E-state index contributed by atoms with van der Waals surface area (Å²) in [7, 11) is 2.10. The van der Waals surface area contributed by atoms with Crippen LogP contribution in [0.4, 0.5) is 5.13 Å². The summed E-state index contributed by atoms with van der Waals surface area (Å²) >= 11 is 1.36. The van der Waals surface area contributed by atoms with Gasteiger partial charge in [0.15, 0.2) is 17.1 Å². The number of aromatic nitrogens is 3. The van der Waals surface area contributed by atoms with Crippen LogP contribution in [-0.4, -0.2) is 64.9 Å². The SMILES string of the molecule is CC(C)CCC(=O)NC(NC(=O)c1cnc(N2CCN(C)CC2)s1)c1nc2ccccc2[nH]1. The number of para-hydroxylation sites is 2. The van der Waals surface area contributed by atoms with Crippen molar-refractivity contribution in [2.75, 3.05) is 38.1 Å². The van der Waals surface area contributed by atoms with Crippen LogP contribution in [0, 0.1) is 5.92 Å². The van der Waals surface area contributed by atoms with Gasteiger partial charge in [-0.15, -0.1) is 0 Å². The number of carbonyl (C=O) groups excluding carboxylic acids is 2. The molecule has 0 radical (unpaired) electrons. The number of carbonyl (C=O) groups is 2. The monoisotopic (exact) mass is 469 g/mol. The summed E-state index contributed by atoms with van der Waals surface area (Å²) < 4.78 is 0. The molecule has 1 atom stereocenters. The first-order valence-corrected chi connectivity index (χ1v) is 12.1. The van der Waals surface area contributed by atoms with E-state index in [0.717, 1.165) is 48.8 Å². The lowest BCUT2D eigenvalue weighted by Crippen LogP contribution is -2.44. The fraction of sp³-hybridized carbons (Fsp3) is 0.478. The van der Waals surface area contributed by atoms with Gasteiger partial charge in [-0.25, -0.2) is 9.97 Å². The molecule has 2 aromatic heterocycles. The number of aromatic amines is 1. The number of thiazole rings is 1. The van der Waals surface area contributed by atoms with Crippen molar-refractivity contribution >= 4 is 39.3 Å². The van der Waals surface area contributed by atoms with E-state index in [0.29, 0.717) is 23.0 Å². The first kappa shape index (κ1) is 23.2. The Kier molecular flexibility index (Phi) is 7.24. The molecule has 0 aliphatic carbocycles. The lowest BCUT2D eigenvalue weighted by Gasteiger charge is -2.32. The number of H-pyrrole nitrogens is 1. The molecule has 0 bridgehead atoms. The Balaban J connectivity index is 1.49. The number of anilines is 1. The topological polar surface area (TPSA) is 106 Å². The average Bonchev–Trinajstić information content (AvgIpc) is 3.45. The van der Waals surface area contributed by atoms with Crippen molar-refractivity contribution in [3.63, 3.8) is 0 Å². The molecular formula is C23H31N7O2S. The number of nitrogens with zero attached hydrogens (tertiary/aromatic N) is 4. The Hall–Kier alpha value is -2.98. The molecule has 1 aliphatic rings. The Morgan fingerprint density at radius 2 is 1.91 bits per heavy atom. The van der Waals surface area contributed by atoms with Crippen LogP contribution in [0.5, 0.6) is 0 Å². The van der Waals surface area contributed by atoms with Crippen LogP contribution in [-0.2, 0) is 4.79 Å². The van der Waals surface area contributed by atoms with Gasteiger partial charge >= 0.3 is 0 Å². The molecule has 3 heterocycles. The largest absolute Gasteiger partial charge is 0.346 e. The summed E-state index contributed by atoms with van der Waals surface area (Å²) in [4.78, 5) is 42.9. The van der Waals surface area contributed by atoms with Crippen molar-refractivity contribution in [1.29, 1.82) is 0 Å². The number of likely N-dealkylation sites (N-methyl/N-ethyl adjacent to an activating group) is 1. The van der Waals surface area contributed by atoms with E-state index >= 15 is 0 Å². The highest BCUT2D eigenvalue weighted by molar-refractivity contribution is 7.17. The van der Waals surface area contributed by atoms with Crippen molar-refractivity contribution in [2.45, 2.75) is 32.9 Å². The fourth-order valence-corrected chi connectivity index (χ4v) is 4.52. The zero-order valence-electron chi connectivity index (χ0n) is 19.3. The molecular weight excluding hydrogens is 438 g/mol. The third-order valence-corrected chi connectivity index (χ3v) is 6.76. The van der Waals surface area contributed by atoms with E-state index in [1.54, 1.807) is 6.20 Å². The maximum atomic E-state index is 13.1. The predicted molar refractivity (Wildman–Crippen MR) is 130 cm³/mol. The second kappa shape index (κ2) is 10.3. The number of amides is 2. The number of piperazine rings is 1. The first-order chi connectivity index (χ1) is 15.9. The maximum Gasteiger partial charge on any atom is 0.265 e. The Morgan fingerprint density at radius 1 is 1.15 bits per heavy atom. The van der Waals surface area contributed by atoms with Crippen LogP contribution in [0.2, 0.25) is 0 Å². The zero-order chi connectivity index (χ0) is 23.4. The molecule has 3 aromatic rings. The molecule has 0 saturated carbocycles. The fourth-order valence-electron chi connectivity index (χ4n) is 3.65. The zero-order valence-corrected chi connectivity index (χ0v) is 20.1. The Bertz CT molecular complexity index is 1070. The van der Waals surface area contributed by atoms with Gasteiger partial charge in [-0.3, -0.25) is 9.59 Å². The number of rotatable bonds is 8. The highest BCUT2D eigenvalue weighted by Crippen LogP contribution is 2.24. The van der Waals surface area contributed by atoms with E-state index in [1.165, 1.54) is 11.3 Å². The molecule has 0 spiro atoms. The van der Waals surface area contributed by atoms with Gasteiger partial charge in [0.1, 0.15) is 4.88 Å². The molecule has 10 heteroatoms. The van der Waals surface area contributed by atoms with Crippen LogP contribution >= 0.6 is 11.3 Å². The van der Waals surface area contributed by atoms with Gasteiger partial charge in [0.2, 0.25) is 5.91 Å². The van der Waals surface area contributed by atoms with E-state index in [2.05, 4.69) is 56.3 Å². The van der Waals surface area contributed by atoms with E-state index in [9.17, 15) is 9.59 Å². The number of fused-ring (bicyclic) bond motifs is 1. The maximum absolute atomic E-state index is 13.1. The molecule has 176 valence electrons. The molecule has 1 unspecified atom stereocenters. The highest BCUT2D eigenvalue weighted by atomic mass is 32.1. The minimum absolute atomic E-state index is 0.128. The van der Waals surface area contributed by atoms with Gasteiger partial charge < -0.3 is 25.4 Å². The normalized spacial score (nSPS) is 15.7. The molecule has 4 rings (SSSR count). The van der Waals surface area contributed by atoms with Gasteiger partial charge in [-0.1, -0.05) is 37.3 Å². The van der Waals surface area contributed by atoms with Crippen molar-refractivity contribution in [1.82, 2.24) is 30.5 Å².